The van der Waals surface area contributed by atoms with Crippen LogP contribution in [0, 0.1) is 0 Å². The average molecular weight is 262 g/mol. The monoisotopic (exact) mass is 262 g/mol. The van der Waals surface area contributed by atoms with Crippen LogP contribution in [0.2, 0.25) is 0 Å². The Balaban J connectivity index is 0.000000170. The van der Waals surface area contributed by atoms with Gasteiger partial charge >= 0.3 is 0 Å². The highest BCUT2D eigenvalue weighted by atomic mass is 16.1. The number of carbonyl (C=O) groups is 1. The molecule has 4 rings (SSSR count). The van der Waals surface area contributed by atoms with Crippen molar-refractivity contribution >= 4 is 27.7 Å². The van der Waals surface area contributed by atoms with E-state index in [0.29, 0.717) is 0 Å². The molecule has 0 aliphatic carbocycles. The molecule has 20 heavy (non-hydrogen) atoms. The molecule has 2 aromatic heterocycles. The third-order valence-electron chi connectivity index (χ3n) is 2.79. The minimum Gasteiger partial charge on any atom is -0.266 e. The predicted molar refractivity (Wildman–Crippen MR) is 76.0 cm³/mol. The van der Waals surface area contributed by atoms with Crippen molar-refractivity contribution in [2.75, 3.05) is 0 Å². The quantitative estimate of drug-likeness (QED) is 0.584. The molecule has 0 saturated carbocycles. The first-order valence-corrected chi connectivity index (χ1v) is 6.04. The minimum absolute atomic E-state index is 0.269. The van der Waals surface area contributed by atoms with Gasteiger partial charge in [-0.1, -0.05) is 12.1 Å². The highest BCUT2D eigenvalue weighted by molar-refractivity contribution is 6.03. The molecule has 1 amide bonds. The molecule has 0 saturated heterocycles. The third kappa shape index (κ3) is 2.42. The third-order valence-corrected chi connectivity index (χ3v) is 2.79. The maximum Gasteiger partial charge on any atom is 0.289 e. The van der Waals surface area contributed by atoms with E-state index >= 15 is 0 Å². The van der Waals surface area contributed by atoms with Crippen LogP contribution in [0.15, 0.2) is 71.3 Å². The van der Waals surface area contributed by atoms with E-state index in [0.717, 1.165) is 21.8 Å². The Kier molecular flexibility index (Phi) is 3.24. The topological polar surface area (TPSA) is 67.6 Å². The molecule has 0 radical (unpaired) electrons. The zero-order valence-electron chi connectivity index (χ0n) is 10.5. The lowest BCUT2D eigenvalue weighted by Crippen LogP contribution is -1.82. The molecule has 1 aliphatic rings. The standard InChI is InChI=1S/C12H8N2.C3H2N2O/c1-3-9-5-6-11-10(4-2-7-13-11)12(9)14-8-1;6-3-1-2-4-5-3/h1-8H;1-2H. The van der Waals surface area contributed by atoms with Crippen LogP contribution in [0.5, 0.6) is 0 Å². The summed E-state index contributed by atoms with van der Waals surface area (Å²) < 4.78 is 0. The molecule has 1 aromatic carbocycles. The van der Waals surface area contributed by atoms with Gasteiger partial charge in [0.1, 0.15) is 0 Å². The number of carbonyl (C=O) groups excluding carboxylic acids is 1. The van der Waals surface area contributed by atoms with Crippen LogP contribution >= 0.6 is 0 Å². The van der Waals surface area contributed by atoms with Crippen LogP contribution in [0.4, 0.5) is 0 Å². The second-order valence-corrected chi connectivity index (χ2v) is 4.08. The summed E-state index contributed by atoms with van der Waals surface area (Å²) in [7, 11) is 0. The number of benzene rings is 1. The number of azo groups is 1. The van der Waals surface area contributed by atoms with Crippen molar-refractivity contribution < 1.29 is 4.79 Å². The van der Waals surface area contributed by atoms with Gasteiger partial charge in [-0.15, -0.1) is 5.11 Å². The van der Waals surface area contributed by atoms with E-state index in [4.69, 9.17) is 0 Å². The van der Waals surface area contributed by atoms with E-state index < -0.39 is 0 Å². The Morgan fingerprint density at radius 3 is 2.50 bits per heavy atom. The Morgan fingerprint density at radius 2 is 1.75 bits per heavy atom. The molecule has 0 fully saturated rings. The number of amides is 1. The summed E-state index contributed by atoms with van der Waals surface area (Å²) in [5, 5.41) is 8.65. The minimum atomic E-state index is -0.269. The first-order valence-electron chi connectivity index (χ1n) is 6.04. The lowest BCUT2D eigenvalue weighted by atomic mass is 10.1. The summed E-state index contributed by atoms with van der Waals surface area (Å²) in [6.07, 6.45) is 6.29. The molecule has 3 aromatic rings. The van der Waals surface area contributed by atoms with Crippen molar-refractivity contribution in [3.05, 3.63) is 61.1 Å². The van der Waals surface area contributed by atoms with Gasteiger partial charge in [0.05, 0.1) is 17.2 Å². The number of aromatic nitrogens is 2. The van der Waals surface area contributed by atoms with Gasteiger partial charge in [-0.25, -0.2) is 0 Å². The van der Waals surface area contributed by atoms with Gasteiger partial charge in [0.25, 0.3) is 5.91 Å². The Labute approximate surface area is 114 Å². The number of pyridine rings is 2. The van der Waals surface area contributed by atoms with E-state index in [1.165, 1.54) is 12.3 Å². The second kappa shape index (κ2) is 5.36. The van der Waals surface area contributed by atoms with Gasteiger partial charge < -0.3 is 0 Å². The van der Waals surface area contributed by atoms with E-state index in [2.05, 4.69) is 38.4 Å². The SMILES string of the molecule is O=C1C=CN=N1.c1cnc2c(c1)ccc1ncccc12. The van der Waals surface area contributed by atoms with Gasteiger partial charge in [0.15, 0.2) is 0 Å². The molecule has 5 nitrogen and oxygen atoms in total. The first-order chi connectivity index (χ1) is 9.84. The number of fused-ring (bicyclic) bond motifs is 3. The fourth-order valence-corrected chi connectivity index (χ4v) is 1.92. The van der Waals surface area contributed by atoms with Crippen LogP contribution in [0.1, 0.15) is 0 Å². The van der Waals surface area contributed by atoms with E-state index in [1.807, 2.05) is 24.4 Å². The highest BCUT2D eigenvalue weighted by Crippen LogP contribution is 2.20. The van der Waals surface area contributed by atoms with Crippen molar-refractivity contribution in [1.82, 2.24) is 9.97 Å². The summed E-state index contributed by atoms with van der Waals surface area (Å²) in [5.74, 6) is -0.269. The molecule has 0 spiro atoms. The van der Waals surface area contributed by atoms with Crippen molar-refractivity contribution in [3.8, 4) is 0 Å². The summed E-state index contributed by atoms with van der Waals surface area (Å²) in [6.45, 7) is 0. The molecule has 0 unspecified atom stereocenters. The Bertz CT molecular complexity index is 771. The zero-order chi connectivity index (χ0) is 13.8. The lowest BCUT2D eigenvalue weighted by Gasteiger charge is -2.00. The van der Waals surface area contributed by atoms with Crippen LogP contribution in [0.25, 0.3) is 21.8 Å². The van der Waals surface area contributed by atoms with Crippen LogP contribution in [-0.2, 0) is 4.79 Å². The fraction of sp³-hybridized carbons (Fsp3) is 0. The Hall–Kier alpha value is -2.95. The zero-order valence-corrected chi connectivity index (χ0v) is 10.5. The largest absolute Gasteiger partial charge is 0.289 e. The number of hydrogen-bond donors (Lipinski definition) is 0. The van der Waals surface area contributed by atoms with Crippen molar-refractivity contribution in [2.24, 2.45) is 10.2 Å². The molecule has 5 heteroatoms. The molecule has 0 N–H and O–H groups in total. The predicted octanol–water partition coefficient (Wildman–Crippen LogP) is 3.28. The van der Waals surface area contributed by atoms with Crippen LogP contribution < -0.4 is 0 Å². The smallest absolute Gasteiger partial charge is 0.266 e. The number of nitrogens with zero attached hydrogens (tertiary/aromatic N) is 4. The van der Waals surface area contributed by atoms with Gasteiger partial charge in [-0.05, 0) is 24.3 Å². The molecule has 96 valence electrons. The number of rotatable bonds is 0. The van der Waals surface area contributed by atoms with E-state index in [9.17, 15) is 4.79 Å². The van der Waals surface area contributed by atoms with Crippen molar-refractivity contribution in [1.29, 1.82) is 0 Å². The van der Waals surface area contributed by atoms with E-state index in [-0.39, 0.29) is 5.91 Å². The maximum atomic E-state index is 9.90. The van der Waals surface area contributed by atoms with Gasteiger partial charge in [-0.2, -0.15) is 5.11 Å². The molecular weight excluding hydrogens is 252 g/mol. The first kappa shape index (κ1) is 12.1. The fourth-order valence-electron chi connectivity index (χ4n) is 1.92. The van der Waals surface area contributed by atoms with E-state index in [1.54, 1.807) is 6.20 Å². The molecule has 1 aliphatic heterocycles. The summed E-state index contributed by atoms with van der Waals surface area (Å²) in [5.41, 5.74) is 2.02. The van der Waals surface area contributed by atoms with Crippen LogP contribution in [-0.4, -0.2) is 15.9 Å². The highest BCUT2D eigenvalue weighted by Gasteiger charge is 1.99. The lowest BCUT2D eigenvalue weighted by molar-refractivity contribution is -0.113. The van der Waals surface area contributed by atoms with Gasteiger partial charge in [0.2, 0.25) is 0 Å². The van der Waals surface area contributed by atoms with Crippen molar-refractivity contribution in [2.45, 2.75) is 0 Å². The van der Waals surface area contributed by atoms with Crippen LogP contribution in [0.3, 0.4) is 0 Å². The molecule has 0 atom stereocenters. The van der Waals surface area contributed by atoms with Gasteiger partial charge in [-0.3, -0.25) is 14.8 Å². The molecule has 3 heterocycles. The summed E-state index contributed by atoms with van der Waals surface area (Å²) in [4.78, 5) is 18.6. The maximum absolute atomic E-state index is 9.90. The molecular formula is C15H10N4O. The average Bonchev–Trinajstić information content (AvgIpc) is 2.99. The molecule has 0 bridgehead atoms. The second-order valence-electron chi connectivity index (χ2n) is 4.08. The summed E-state index contributed by atoms with van der Waals surface area (Å²) in [6, 6.07) is 12.1. The summed E-state index contributed by atoms with van der Waals surface area (Å²) >= 11 is 0. The number of hydrogen-bond acceptors (Lipinski definition) is 4. The van der Waals surface area contributed by atoms with Gasteiger partial charge in [0, 0.05) is 29.2 Å². The normalized spacial score (nSPS) is 12.7. The van der Waals surface area contributed by atoms with Crippen molar-refractivity contribution in [3.63, 3.8) is 0 Å². The Morgan fingerprint density at radius 1 is 0.900 bits per heavy atom.